The first kappa shape index (κ1) is 13.4. The van der Waals surface area contributed by atoms with E-state index in [1.54, 1.807) is 26.8 Å². The van der Waals surface area contributed by atoms with E-state index in [1.165, 1.54) is 6.21 Å². The van der Waals surface area contributed by atoms with E-state index in [4.69, 9.17) is 0 Å². The maximum absolute atomic E-state index is 11.7. The van der Waals surface area contributed by atoms with E-state index in [1.807, 2.05) is 18.2 Å². The Hall–Kier alpha value is -0.680. The van der Waals surface area contributed by atoms with Crippen molar-refractivity contribution < 1.29 is 8.42 Å². The summed E-state index contributed by atoms with van der Waals surface area (Å²) in [4.78, 5) is 0. The van der Waals surface area contributed by atoms with Crippen LogP contribution in [-0.2, 0) is 10.0 Å². The van der Waals surface area contributed by atoms with Gasteiger partial charge < -0.3 is 0 Å². The van der Waals surface area contributed by atoms with Crippen LogP contribution in [0.15, 0.2) is 33.1 Å². The zero-order valence-corrected chi connectivity index (χ0v) is 11.8. The third-order valence-electron chi connectivity index (χ3n) is 1.96. The third kappa shape index (κ3) is 3.42. The average Bonchev–Trinajstić information content (AvgIpc) is 2.13. The summed E-state index contributed by atoms with van der Waals surface area (Å²) in [7, 11) is -3.45. The monoisotopic (exact) mass is 303 g/mol. The summed E-state index contributed by atoms with van der Waals surface area (Å²) in [6.07, 6.45) is 1.37. The minimum Gasteiger partial charge on any atom is -0.204 e. The summed E-state index contributed by atoms with van der Waals surface area (Å²) in [6.45, 7) is 4.88. The predicted molar refractivity (Wildman–Crippen MR) is 70.4 cm³/mol. The van der Waals surface area contributed by atoms with Gasteiger partial charge in [-0.3, -0.25) is 0 Å². The Morgan fingerprint density at radius 1 is 1.31 bits per heavy atom. The Labute approximate surface area is 105 Å². The van der Waals surface area contributed by atoms with Crippen molar-refractivity contribution in [3.05, 3.63) is 34.3 Å². The molecule has 0 spiro atoms. The lowest BCUT2D eigenvalue weighted by Crippen LogP contribution is -2.25. The Kier molecular flexibility index (Phi) is 3.91. The lowest BCUT2D eigenvalue weighted by Gasteiger charge is -2.14. The molecule has 0 bridgehead atoms. The number of hydrogen-bond donors (Lipinski definition) is 0. The van der Waals surface area contributed by atoms with Gasteiger partial charge in [-0.05, 0) is 38.5 Å². The second kappa shape index (κ2) is 4.67. The maximum atomic E-state index is 11.7. The van der Waals surface area contributed by atoms with Gasteiger partial charge in [-0.25, -0.2) is 8.42 Å². The lowest BCUT2D eigenvalue weighted by atomic mass is 10.2. The van der Waals surface area contributed by atoms with Gasteiger partial charge in [-0.15, -0.1) is 0 Å². The van der Waals surface area contributed by atoms with Crippen molar-refractivity contribution in [3.8, 4) is 0 Å². The molecular weight excluding hydrogens is 290 g/mol. The molecular formula is C11H14BrNO2S. The molecule has 88 valence electrons. The highest BCUT2D eigenvalue weighted by atomic mass is 79.9. The third-order valence-corrected chi connectivity index (χ3v) is 4.39. The van der Waals surface area contributed by atoms with Gasteiger partial charge in [0.25, 0.3) is 10.0 Å². The fourth-order valence-corrected chi connectivity index (χ4v) is 1.87. The quantitative estimate of drug-likeness (QED) is 0.789. The first-order valence-corrected chi connectivity index (χ1v) is 7.01. The normalized spacial score (nSPS) is 13.2. The van der Waals surface area contributed by atoms with Crippen LogP contribution in [0, 0.1) is 0 Å². The highest BCUT2D eigenvalue weighted by molar-refractivity contribution is 9.10. The van der Waals surface area contributed by atoms with Crippen molar-refractivity contribution in [2.45, 2.75) is 25.5 Å². The molecule has 5 heteroatoms. The first-order valence-electron chi connectivity index (χ1n) is 4.78. The number of rotatable bonds is 2. The molecule has 1 aromatic carbocycles. The molecule has 0 N–H and O–H groups in total. The van der Waals surface area contributed by atoms with Crippen LogP contribution in [0.3, 0.4) is 0 Å². The Balaban J connectivity index is 2.99. The highest BCUT2D eigenvalue weighted by Crippen LogP contribution is 2.17. The first-order chi connectivity index (χ1) is 7.22. The van der Waals surface area contributed by atoms with Crippen LogP contribution < -0.4 is 0 Å². The largest absolute Gasteiger partial charge is 0.258 e. The molecule has 0 aliphatic carbocycles. The second-order valence-corrected chi connectivity index (χ2v) is 7.68. The van der Waals surface area contributed by atoms with Crippen molar-refractivity contribution in [2.75, 3.05) is 0 Å². The summed E-state index contributed by atoms with van der Waals surface area (Å²) in [5.74, 6) is 0. The minimum atomic E-state index is -3.45. The zero-order valence-electron chi connectivity index (χ0n) is 9.44. The minimum absolute atomic E-state index is 0.752. The number of benzene rings is 1. The predicted octanol–water partition coefficient (Wildman–Crippen LogP) is 3.00. The SMILES string of the molecule is CC(C)(C)S(=O)(=O)N=Cc1cccc(Br)c1. The van der Waals surface area contributed by atoms with Crippen LogP contribution in [-0.4, -0.2) is 19.4 Å². The van der Waals surface area contributed by atoms with Crippen LogP contribution in [0.4, 0.5) is 0 Å². The molecule has 16 heavy (non-hydrogen) atoms. The van der Waals surface area contributed by atoms with Gasteiger partial charge >= 0.3 is 0 Å². The summed E-state index contributed by atoms with van der Waals surface area (Å²) in [5, 5.41) is 0. The van der Waals surface area contributed by atoms with Crippen molar-refractivity contribution in [3.63, 3.8) is 0 Å². The Morgan fingerprint density at radius 3 is 2.44 bits per heavy atom. The summed E-state index contributed by atoms with van der Waals surface area (Å²) < 4.78 is 27.1. The van der Waals surface area contributed by atoms with Crippen LogP contribution in [0.25, 0.3) is 0 Å². The summed E-state index contributed by atoms with van der Waals surface area (Å²) >= 11 is 3.31. The van der Waals surface area contributed by atoms with E-state index >= 15 is 0 Å². The van der Waals surface area contributed by atoms with E-state index < -0.39 is 14.8 Å². The molecule has 0 aliphatic heterocycles. The standard InChI is InChI=1S/C11H14BrNO2S/c1-11(2,3)16(14,15)13-8-9-5-4-6-10(12)7-9/h4-8H,1-3H3. The number of halogens is 1. The molecule has 1 rings (SSSR count). The van der Waals surface area contributed by atoms with Gasteiger partial charge in [-0.1, -0.05) is 28.1 Å². The van der Waals surface area contributed by atoms with E-state index in [-0.39, 0.29) is 0 Å². The number of nitrogens with zero attached hydrogens (tertiary/aromatic N) is 1. The molecule has 0 aromatic heterocycles. The summed E-state index contributed by atoms with van der Waals surface area (Å²) in [5.41, 5.74) is 0.752. The number of hydrogen-bond acceptors (Lipinski definition) is 2. The van der Waals surface area contributed by atoms with Crippen LogP contribution in [0.2, 0.25) is 0 Å². The fourth-order valence-electron chi connectivity index (χ4n) is 0.875. The average molecular weight is 304 g/mol. The van der Waals surface area contributed by atoms with Crippen molar-refractivity contribution >= 4 is 32.2 Å². The topological polar surface area (TPSA) is 46.5 Å². The van der Waals surface area contributed by atoms with Gasteiger partial charge in [0.2, 0.25) is 0 Å². The van der Waals surface area contributed by atoms with E-state index in [0.717, 1.165) is 10.0 Å². The fraction of sp³-hybridized carbons (Fsp3) is 0.364. The molecule has 0 radical (unpaired) electrons. The maximum Gasteiger partial charge on any atom is 0.258 e. The molecule has 0 saturated carbocycles. The Morgan fingerprint density at radius 2 is 1.94 bits per heavy atom. The van der Waals surface area contributed by atoms with E-state index in [9.17, 15) is 8.42 Å². The van der Waals surface area contributed by atoms with E-state index in [0.29, 0.717) is 0 Å². The van der Waals surface area contributed by atoms with Crippen LogP contribution >= 0.6 is 15.9 Å². The zero-order chi connectivity index (χ0) is 12.4. The molecule has 0 fully saturated rings. The van der Waals surface area contributed by atoms with Gasteiger partial charge in [0.15, 0.2) is 0 Å². The summed E-state index contributed by atoms with van der Waals surface area (Å²) in [6, 6.07) is 7.30. The molecule has 0 amide bonds. The van der Waals surface area contributed by atoms with Gasteiger partial charge in [0, 0.05) is 10.7 Å². The highest BCUT2D eigenvalue weighted by Gasteiger charge is 2.27. The molecule has 0 atom stereocenters. The molecule has 0 aliphatic rings. The van der Waals surface area contributed by atoms with Gasteiger partial charge in [0.1, 0.15) is 0 Å². The second-order valence-electron chi connectivity index (χ2n) is 4.38. The van der Waals surface area contributed by atoms with Crippen LogP contribution in [0.1, 0.15) is 26.3 Å². The van der Waals surface area contributed by atoms with E-state index in [2.05, 4.69) is 20.3 Å². The Bertz CT molecular complexity index is 501. The smallest absolute Gasteiger partial charge is 0.204 e. The molecule has 0 unspecified atom stereocenters. The van der Waals surface area contributed by atoms with Gasteiger partial charge in [0.05, 0.1) is 4.75 Å². The number of sulfonamides is 1. The lowest BCUT2D eigenvalue weighted by molar-refractivity contribution is 0.562. The molecule has 0 heterocycles. The van der Waals surface area contributed by atoms with Crippen molar-refractivity contribution in [1.82, 2.24) is 0 Å². The molecule has 0 saturated heterocycles. The van der Waals surface area contributed by atoms with Gasteiger partial charge in [-0.2, -0.15) is 4.40 Å². The van der Waals surface area contributed by atoms with Crippen molar-refractivity contribution in [1.29, 1.82) is 0 Å². The molecule has 3 nitrogen and oxygen atoms in total. The van der Waals surface area contributed by atoms with Crippen LogP contribution in [0.5, 0.6) is 0 Å². The van der Waals surface area contributed by atoms with Crippen molar-refractivity contribution in [2.24, 2.45) is 4.40 Å². The molecule has 1 aromatic rings.